The van der Waals surface area contributed by atoms with E-state index in [-0.39, 0.29) is 12.1 Å². The molecule has 15 heavy (non-hydrogen) atoms. The van der Waals surface area contributed by atoms with Crippen molar-refractivity contribution in [2.45, 2.75) is 38.8 Å². The molecule has 2 N–H and O–H groups in total. The third kappa shape index (κ3) is 2.79. The number of aryl methyl sites for hydroxylation is 1. The predicted octanol–water partition coefficient (Wildman–Crippen LogP) is 1.06. The van der Waals surface area contributed by atoms with Crippen molar-refractivity contribution in [3.05, 3.63) is 18.2 Å². The van der Waals surface area contributed by atoms with Crippen LogP contribution in [0.1, 0.15) is 32.4 Å². The number of nitrogens with one attached hydrogen (secondary N) is 1. The summed E-state index contributed by atoms with van der Waals surface area (Å²) in [6.07, 6.45) is 5.49. The molecule has 1 aromatic rings. The summed E-state index contributed by atoms with van der Waals surface area (Å²) in [4.78, 5) is 4.06. The molecule has 0 radical (unpaired) electrons. The number of aliphatic hydroxyl groups is 1. The van der Waals surface area contributed by atoms with Gasteiger partial charge in [0.25, 0.3) is 0 Å². The van der Waals surface area contributed by atoms with Gasteiger partial charge in [0.15, 0.2) is 0 Å². The van der Waals surface area contributed by atoms with Gasteiger partial charge >= 0.3 is 0 Å². The summed E-state index contributed by atoms with van der Waals surface area (Å²) in [6, 6.07) is 0. The highest BCUT2D eigenvalue weighted by atomic mass is 16.3. The smallest absolute Gasteiger partial charge is 0.0945 e. The number of aliphatic hydroxyl groups excluding tert-OH is 1. The van der Waals surface area contributed by atoms with E-state index in [9.17, 15) is 5.11 Å². The lowest BCUT2D eigenvalue weighted by atomic mass is 9.94. The minimum absolute atomic E-state index is 0.149. The molecule has 1 heterocycles. The van der Waals surface area contributed by atoms with Gasteiger partial charge in [-0.05, 0) is 12.8 Å². The molecule has 0 saturated carbocycles. The first-order valence-electron chi connectivity index (χ1n) is 5.48. The lowest BCUT2D eigenvalue weighted by Crippen LogP contribution is -2.47. The Labute approximate surface area is 91.3 Å². The average Bonchev–Trinajstić information content (AvgIpc) is 2.67. The van der Waals surface area contributed by atoms with Crippen molar-refractivity contribution in [3.63, 3.8) is 0 Å². The summed E-state index contributed by atoms with van der Waals surface area (Å²) in [5.41, 5.74) is 0.985. The monoisotopic (exact) mass is 211 g/mol. The Kier molecular flexibility index (Phi) is 4.29. The minimum atomic E-state index is -0.149. The van der Waals surface area contributed by atoms with E-state index in [2.05, 4.69) is 24.1 Å². The molecule has 0 saturated heterocycles. The normalized spacial score (nSPS) is 12.0. The fourth-order valence-electron chi connectivity index (χ4n) is 1.61. The predicted molar refractivity (Wildman–Crippen MR) is 60.4 cm³/mol. The number of rotatable bonds is 6. The number of hydrogen-bond donors (Lipinski definition) is 2. The molecule has 0 aliphatic carbocycles. The summed E-state index contributed by atoms with van der Waals surface area (Å²) >= 11 is 0. The summed E-state index contributed by atoms with van der Waals surface area (Å²) in [7, 11) is 1.97. The van der Waals surface area contributed by atoms with Crippen LogP contribution < -0.4 is 5.32 Å². The highest BCUT2D eigenvalue weighted by Gasteiger charge is 2.24. The SMILES string of the molecule is CCC(CC)(CO)NCc1cncn1C. The average molecular weight is 211 g/mol. The maximum absolute atomic E-state index is 9.39. The molecule has 1 aromatic heterocycles. The summed E-state index contributed by atoms with van der Waals surface area (Å²) < 4.78 is 1.99. The summed E-state index contributed by atoms with van der Waals surface area (Å²) in [5, 5.41) is 12.8. The van der Waals surface area contributed by atoms with Gasteiger partial charge in [0.1, 0.15) is 0 Å². The maximum Gasteiger partial charge on any atom is 0.0945 e. The molecule has 4 heteroatoms. The first kappa shape index (κ1) is 12.2. The molecule has 0 atom stereocenters. The lowest BCUT2D eigenvalue weighted by molar-refractivity contribution is 0.149. The van der Waals surface area contributed by atoms with Crippen molar-refractivity contribution in [3.8, 4) is 0 Å². The van der Waals surface area contributed by atoms with Gasteiger partial charge in [0, 0.05) is 25.3 Å². The molecule has 0 fully saturated rings. The van der Waals surface area contributed by atoms with Gasteiger partial charge in [0.2, 0.25) is 0 Å². The quantitative estimate of drug-likeness (QED) is 0.740. The molecule has 0 aliphatic heterocycles. The molecule has 0 amide bonds. The zero-order chi connectivity index (χ0) is 11.3. The second kappa shape index (κ2) is 5.28. The largest absolute Gasteiger partial charge is 0.394 e. The Morgan fingerprint density at radius 3 is 2.53 bits per heavy atom. The van der Waals surface area contributed by atoms with E-state index in [4.69, 9.17) is 0 Å². The topological polar surface area (TPSA) is 50.1 Å². The Morgan fingerprint density at radius 2 is 2.13 bits per heavy atom. The first-order valence-corrected chi connectivity index (χ1v) is 5.48. The Bertz CT molecular complexity index is 284. The second-order valence-corrected chi connectivity index (χ2v) is 3.99. The highest BCUT2D eigenvalue weighted by molar-refractivity contribution is 4.99. The number of aromatic nitrogens is 2. The fourth-order valence-corrected chi connectivity index (χ4v) is 1.61. The second-order valence-electron chi connectivity index (χ2n) is 3.99. The molecule has 0 aliphatic rings. The van der Waals surface area contributed by atoms with E-state index < -0.39 is 0 Å². The number of nitrogens with zero attached hydrogens (tertiary/aromatic N) is 2. The molecule has 0 bridgehead atoms. The first-order chi connectivity index (χ1) is 7.17. The zero-order valence-electron chi connectivity index (χ0n) is 9.82. The van der Waals surface area contributed by atoms with Crippen LogP contribution in [0.4, 0.5) is 0 Å². The Morgan fingerprint density at radius 1 is 1.47 bits per heavy atom. The standard InChI is InChI=1S/C11H21N3O/c1-4-11(5-2,8-15)13-7-10-6-12-9-14(10)3/h6,9,13,15H,4-5,7-8H2,1-3H3. The van der Waals surface area contributed by atoms with Crippen LogP contribution in [-0.4, -0.2) is 26.8 Å². The van der Waals surface area contributed by atoms with Gasteiger partial charge in [-0.15, -0.1) is 0 Å². The summed E-state index contributed by atoms with van der Waals surface area (Å²) in [6.45, 7) is 5.11. The maximum atomic E-state index is 9.39. The van der Waals surface area contributed by atoms with Crippen LogP contribution in [0.25, 0.3) is 0 Å². The van der Waals surface area contributed by atoms with Crippen LogP contribution in [0.3, 0.4) is 0 Å². The van der Waals surface area contributed by atoms with Crippen LogP contribution in [0, 0.1) is 0 Å². The van der Waals surface area contributed by atoms with E-state index in [1.807, 2.05) is 17.8 Å². The summed E-state index contributed by atoms with van der Waals surface area (Å²) in [5.74, 6) is 0. The van der Waals surface area contributed by atoms with Crippen molar-refractivity contribution in [1.29, 1.82) is 0 Å². The van der Waals surface area contributed by atoms with E-state index in [0.29, 0.717) is 0 Å². The van der Waals surface area contributed by atoms with E-state index in [1.54, 1.807) is 6.33 Å². The molecule has 0 aromatic carbocycles. The number of imidazole rings is 1. The highest BCUT2D eigenvalue weighted by Crippen LogP contribution is 2.14. The van der Waals surface area contributed by atoms with Crippen LogP contribution >= 0.6 is 0 Å². The van der Waals surface area contributed by atoms with E-state index >= 15 is 0 Å². The van der Waals surface area contributed by atoms with Crippen molar-refractivity contribution in [1.82, 2.24) is 14.9 Å². The number of hydrogen-bond acceptors (Lipinski definition) is 3. The van der Waals surface area contributed by atoms with Crippen LogP contribution in [-0.2, 0) is 13.6 Å². The van der Waals surface area contributed by atoms with Crippen LogP contribution in [0.15, 0.2) is 12.5 Å². The Hall–Kier alpha value is -0.870. The zero-order valence-corrected chi connectivity index (χ0v) is 9.82. The van der Waals surface area contributed by atoms with Gasteiger partial charge in [-0.25, -0.2) is 4.98 Å². The van der Waals surface area contributed by atoms with Crippen molar-refractivity contribution in [2.24, 2.45) is 7.05 Å². The van der Waals surface area contributed by atoms with Gasteiger partial charge in [-0.1, -0.05) is 13.8 Å². The molecular weight excluding hydrogens is 190 g/mol. The molecule has 0 unspecified atom stereocenters. The Balaban J connectivity index is 2.58. The molecule has 86 valence electrons. The fraction of sp³-hybridized carbons (Fsp3) is 0.727. The lowest BCUT2D eigenvalue weighted by Gasteiger charge is -2.30. The van der Waals surface area contributed by atoms with Gasteiger partial charge < -0.3 is 15.0 Å². The van der Waals surface area contributed by atoms with Gasteiger partial charge in [-0.3, -0.25) is 0 Å². The molecular formula is C11H21N3O. The van der Waals surface area contributed by atoms with Gasteiger partial charge in [-0.2, -0.15) is 0 Å². The van der Waals surface area contributed by atoms with Crippen LogP contribution in [0.2, 0.25) is 0 Å². The van der Waals surface area contributed by atoms with Crippen molar-refractivity contribution in [2.75, 3.05) is 6.61 Å². The minimum Gasteiger partial charge on any atom is -0.394 e. The van der Waals surface area contributed by atoms with Crippen molar-refractivity contribution < 1.29 is 5.11 Å². The third-order valence-corrected chi connectivity index (χ3v) is 3.22. The molecule has 0 spiro atoms. The third-order valence-electron chi connectivity index (χ3n) is 3.22. The van der Waals surface area contributed by atoms with Gasteiger partial charge in [0.05, 0.1) is 18.6 Å². The van der Waals surface area contributed by atoms with E-state index in [1.165, 1.54) is 0 Å². The molecule has 1 rings (SSSR count). The van der Waals surface area contributed by atoms with E-state index in [0.717, 1.165) is 25.1 Å². The van der Waals surface area contributed by atoms with Crippen LogP contribution in [0.5, 0.6) is 0 Å². The van der Waals surface area contributed by atoms with Crippen molar-refractivity contribution >= 4 is 0 Å². The molecule has 4 nitrogen and oxygen atoms in total.